The van der Waals surface area contributed by atoms with Crippen LogP contribution in [0.3, 0.4) is 0 Å². The van der Waals surface area contributed by atoms with Gasteiger partial charge in [0.1, 0.15) is 13.2 Å². The van der Waals surface area contributed by atoms with E-state index in [1.54, 1.807) is 0 Å². The molecule has 0 amide bonds. The molecule has 0 heterocycles. The van der Waals surface area contributed by atoms with Crippen molar-refractivity contribution in [2.45, 2.75) is 297 Å². The van der Waals surface area contributed by atoms with Gasteiger partial charge in [0.05, 0.1) is 0 Å². The second-order valence-corrected chi connectivity index (χ2v) is 21.6. The minimum absolute atomic E-state index is 0.0929. The molecular formula is C75H122O6. The van der Waals surface area contributed by atoms with E-state index in [2.05, 4.69) is 167 Å². The number of ether oxygens (including phenoxy) is 3. The second kappa shape index (κ2) is 67.8. The average molecular weight is 1120 g/mol. The monoisotopic (exact) mass is 1120 g/mol. The van der Waals surface area contributed by atoms with E-state index in [0.29, 0.717) is 19.3 Å². The number of allylic oxidation sites excluding steroid dienone is 24. The third kappa shape index (κ3) is 66.0. The van der Waals surface area contributed by atoms with Crippen LogP contribution < -0.4 is 0 Å². The first-order chi connectivity index (χ1) is 40.0. The first-order valence-corrected chi connectivity index (χ1v) is 33.3. The Balaban J connectivity index is 4.40. The maximum Gasteiger partial charge on any atom is 0.306 e. The lowest BCUT2D eigenvalue weighted by atomic mass is 10.0. The molecule has 0 spiro atoms. The first-order valence-electron chi connectivity index (χ1n) is 33.3. The van der Waals surface area contributed by atoms with Crippen LogP contribution in [0.25, 0.3) is 0 Å². The molecule has 0 bridgehead atoms. The smallest absolute Gasteiger partial charge is 0.306 e. The fraction of sp³-hybridized carbons (Fsp3) is 0.640. The Morgan fingerprint density at radius 3 is 0.691 bits per heavy atom. The fourth-order valence-corrected chi connectivity index (χ4v) is 8.95. The van der Waals surface area contributed by atoms with E-state index in [4.69, 9.17) is 14.2 Å². The maximum atomic E-state index is 13.0. The largest absolute Gasteiger partial charge is 0.462 e. The molecule has 0 aromatic rings. The van der Waals surface area contributed by atoms with Gasteiger partial charge >= 0.3 is 17.9 Å². The van der Waals surface area contributed by atoms with E-state index in [1.807, 2.05) is 0 Å². The Hall–Kier alpha value is -4.71. The number of rotatable bonds is 59. The van der Waals surface area contributed by atoms with Crippen molar-refractivity contribution in [3.63, 3.8) is 0 Å². The summed E-state index contributed by atoms with van der Waals surface area (Å²) in [6.45, 7) is 6.29. The Bertz CT molecular complexity index is 1760. The Kier molecular flexibility index (Phi) is 63.9. The number of carbonyl (C=O) groups excluding carboxylic acids is 3. The lowest BCUT2D eigenvalue weighted by molar-refractivity contribution is -0.167. The molecule has 1 unspecified atom stereocenters. The molecular weight excluding hydrogens is 997 g/mol. The molecule has 0 fully saturated rings. The van der Waals surface area contributed by atoms with E-state index in [9.17, 15) is 14.4 Å². The van der Waals surface area contributed by atoms with Crippen LogP contribution in [-0.4, -0.2) is 37.2 Å². The number of hydrogen-bond acceptors (Lipinski definition) is 6. The van der Waals surface area contributed by atoms with Crippen LogP contribution >= 0.6 is 0 Å². The van der Waals surface area contributed by atoms with Crippen molar-refractivity contribution in [1.82, 2.24) is 0 Å². The van der Waals surface area contributed by atoms with E-state index in [1.165, 1.54) is 89.9 Å². The van der Waals surface area contributed by atoms with Crippen LogP contribution in [0.1, 0.15) is 290 Å². The molecule has 0 aliphatic heterocycles. The van der Waals surface area contributed by atoms with Crippen molar-refractivity contribution in [2.75, 3.05) is 13.2 Å². The average Bonchev–Trinajstić information content (AvgIpc) is 3.47. The summed E-state index contributed by atoms with van der Waals surface area (Å²) in [5, 5.41) is 0. The fourth-order valence-electron chi connectivity index (χ4n) is 8.95. The highest BCUT2D eigenvalue weighted by molar-refractivity contribution is 5.71. The highest BCUT2D eigenvalue weighted by Crippen LogP contribution is 2.16. The number of unbranched alkanes of at least 4 members (excludes halogenated alkanes) is 24. The van der Waals surface area contributed by atoms with Crippen molar-refractivity contribution in [3.05, 3.63) is 146 Å². The first kappa shape index (κ1) is 76.3. The molecule has 81 heavy (non-hydrogen) atoms. The predicted octanol–water partition coefficient (Wildman–Crippen LogP) is 23.1. The molecule has 0 aliphatic rings. The van der Waals surface area contributed by atoms with Crippen molar-refractivity contribution in [3.8, 4) is 0 Å². The quantitative estimate of drug-likeness (QED) is 0.0261. The summed E-state index contributed by atoms with van der Waals surface area (Å²) in [6.07, 6.45) is 97.1. The van der Waals surface area contributed by atoms with E-state index < -0.39 is 6.10 Å². The molecule has 0 saturated heterocycles. The minimum Gasteiger partial charge on any atom is -0.462 e. The summed E-state index contributed by atoms with van der Waals surface area (Å²) in [7, 11) is 0. The molecule has 6 nitrogen and oxygen atoms in total. The number of carbonyl (C=O) groups is 3. The van der Waals surface area contributed by atoms with Gasteiger partial charge < -0.3 is 14.2 Å². The van der Waals surface area contributed by atoms with Crippen molar-refractivity contribution in [1.29, 1.82) is 0 Å². The number of hydrogen-bond donors (Lipinski definition) is 0. The molecule has 0 N–H and O–H groups in total. The lowest BCUT2D eigenvalue weighted by Gasteiger charge is -2.18. The van der Waals surface area contributed by atoms with Crippen LogP contribution in [0, 0.1) is 0 Å². The summed E-state index contributed by atoms with van der Waals surface area (Å²) in [5.74, 6) is -0.917. The van der Waals surface area contributed by atoms with Gasteiger partial charge in [0.2, 0.25) is 0 Å². The van der Waals surface area contributed by atoms with Gasteiger partial charge in [-0.3, -0.25) is 14.4 Å². The molecule has 0 aromatic carbocycles. The Labute approximate surface area is 499 Å². The topological polar surface area (TPSA) is 78.9 Å². The van der Waals surface area contributed by atoms with Crippen molar-refractivity contribution in [2.24, 2.45) is 0 Å². The van der Waals surface area contributed by atoms with E-state index in [0.717, 1.165) is 161 Å². The van der Waals surface area contributed by atoms with Gasteiger partial charge in [-0.25, -0.2) is 0 Å². The third-order valence-corrected chi connectivity index (χ3v) is 13.8. The van der Waals surface area contributed by atoms with Gasteiger partial charge in [-0.05, 0) is 135 Å². The summed E-state index contributed by atoms with van der Waals surface area (Å²) in [6, 6.07) is 0. The van der Waals surface area contributed by atoms with Crippen LogP contribution in [-0.2, 0) is 28.6 Å². The molecule has 0 aromatic heterocycles. The Morgan fingerprint density at radius 2 is 0.444 bits per heavy atom. The highest BCUT2D eigenvalue weighted by atomic mass is 16.6. The minimum atomic E-state index is -0.798. The van der Waals surface area contributed by atoms with Gasteiger partial charge in [-0.2, -0.15) is 0 Å². The lowest BCUT2D eigenvalue weighted by Crippen LogP contribution is -2.30. The molecule has 1 atom stereocenters. The van der Waals surface area contributed by atoms with E-state index in [-0.39, 0.29) is 31.1 Å². The zero-order valence-corrected chi connectivity index (χ0v) is 52.5. The highest BCUT2D eigenvalue weighted by Gasteiger charge is 2.19. The van der Waals surface area contributed by atoms with Gasteiger partial charge in [-0.15, -0.1) is 0 Å². The van der Waals surface area contributed by atoms with Crippen LogP contribution in [0.2, 0.25) is 0 Å². The van der Waals surface area contributed by atoms with Crippen LogP contribution in [0.15, 0.2) is 146 Å². The summed E-state index contributed by atoms with van der Waals surface area (Å²) >= 11 is 0. The maximum absolute atomic E-state index is 13.0. The molecule has 0 saturated carbocycles. The summed E-state index contributed by atoms with van der Waals surface area (Å²) < 4.78 is 16.9. The molecule has 0 aliphatic carbocycles. The van der Waals surface area contributed by atoms with Crippen molar-refractivity contribution < 1.29 is 28.6 Å². The van der Waals surface area contributed by atoms with Crippen LogP contribution in [0.5, 0.6) is 0 Å². The zero-order valence-electron chi connectivity index (χ0n) is 52.5. The van der Waals surface area contributed by atoms with Crippen LogP contribution in [0.4, 0.5) is 0 Å². The molecule has 0 radical (unpaired) electrons. The standard InChI is InChI=1S/C75H122O6/c1-4-7-10-13-16-19-22-25-28-30-32-34-36-37-39-40-42-44-47-50-53-56-59-62-65-68-74(77)80-71-72(70-79-73(76)67-64-61-58-55-52-49-46-27-24-21-18-15-12-9-6-3)81-75(78)69-66-63-60-57-54-51-48-45-43-41-38-35-33-31-29-26-23-20-17-14-11-8-5-2/h7-12,16-21,25-29,32-35,37,39,46,72H,4-6,13-15,22-24,30-31,36,38,40-45,47-71H2,1-3H3/b10-7-,11-8-,12-9-,19-16-,20-17-,21-18-,28-25-,29-26-,34-32-,35-33-,39-37-,46-27-. The summed E-state index contributed by atoms with van der Waals surface area (Å²) in [5.41, 5.74) is 0. The number of esters is 3. The normalized spacial score (nSPS) is 13.1. The van der Waals surface area contributed by atoms with E-state index >= 15 is 0 Å². The summed E-state index contributed by atoms with van der Waals surface area (Å²) in [4.78, 5) is 38.4. The van der Waals surface area contributed by atoms with Gasteiger partial charge in [-0.1, -0.05) is 282 Å². The molecule has 458 valence electrons. The molecule has 6 heteroatoms. The predicted molar refractivity (Wildman–Crippen MR) is 352 cm³/mol. The third-order valence-electron chi connectivity index (χ3n) is 13.8. The van der Waals surface area contributed by atoms with Gasteiger partial charge in [0.15, 0.2) is 6.10 Å². The molecule has 0 rings (SSSR count). The van der Waals surface area contributed by atoms with Gasteiger partial charge in [0, 0.05) is 19.3 Å². The van der Waals surface area contributed by atoms with Crippen molar-refractivity contribution >= 4 is 17.9 Å². The van der Waals surface area contributed by atoms with Gasteiger partial charge in [0.25, 0.3) is 0 Å². The zero-order chi connectivity index (χ0) is 58.5. The SMILES string of the molecule is CC/C=C\C/C=C\C/C=C\C/C=C\C/C=C\CCCCCCCCCCCC(=O)OCC(COC(=O)CCCCCCC/C=C\C/C=C\C/C=C\CC)OC(=O)CCCCCCCCCCCC/C=C\C/C=C\C/C=C\C/C=C\CC. The Morgan fingerprint density at radius 1 is 0.247 bits per heavy atom. The second-order valence-electron chi connectivity index (χ2n) is 21.6.